The van der Waals surface area contributed by atoms with Crippen LogP contribution in [0.5, 0.6) is 0 Å². The Kier molecular flexibility index (Phi) is 3.83. The average Bonchev–Trinajstić information content (AvgIpc) is 2.32. The van der Waals surface area contributed by atoms with E-state index in [4.69, 9.17) is 0 Å². The molecule has 2 aromatic carbocycles. The van der Waals surface area contributed by atoms with Gasteiger partial charge in [0.1, 0.15) is 11.9 Å². The van der Waals surface area contributed by atoms with E-state index in [9.17, 15) is 9.50 Å². The monoisotopic (exact) mass is 308 g/mol. The standard InChI is InChI=1S/C15H14BrFO/c1-9-3-5-12(13(16)7-9)15(18)11-4-6-14(17)10(2)8-11/h3-8,15,18H,1-2H3. The van der Waals surface area contributed by atoms with Gasteiger partial charge in [-0.2, -0.15) is 0 Å². The fourth-order valence-corrected chi connectivity index (χ4v) is 2.58. The van der Waals surface area contributed by atoms with Gasteiger partial charge in [0.15, 0.2) is 0 Å². The third-order valence-corrected chi connectivity index (χ3v) is 3.64. The number of benzene rings is 2. The maximum absolute atomic E-state index is 13.2. The van der Waals surface area contributed by atoms with Crippen molar-refractivity contribution in [2.24, 2.45) is 0 Å². The predicted molar refractivity (Wildman–Crippen MR) is 74.1 cm³/mol. The highest BCUT2D eigenvalue weighted by Gasteiger charge is 2.14. The van der Waals surface area contributed by atoms with Gasteiger partial charge in [-0.15, -0.1) is 0 Å². The Morgan fingerprint density at radius 3 is 2.44 bits per heavy atom. The Hall–Kier alpha value is -1.19. The van der Waals surface area contributed by atoms with Crippen molar-refractivity contribution in [3.05, 3.63) is 68.9 Å². The molecule has 0 fully saturated rings. The fourth-order valence-electron chi connectivity index (χ4n) is 1.87. The molecule has 3 heteroatoms. The summed E-state index contributed by atoms with van der Waals surface area (Å²) in [5.41, 5.74) is 3.13. The van der Waals surface area contributed by atoms with Crippen LogP contribution in [0.2, 0.25) is 0 Å². The molecule has 1 unspecified atom stereocenters. The lowest BCUT2D eigenvalue weighted by Crippen LogP contribution is -2.02. The van der Waals surface area contributed by atoms with Crippen LogP contribution in [0.1, 0.15) is 28.4 Å². The predicted octanol–water partition coefficient (Wildman–Crippen LogP) is 4.29. The van der Waals surface area contributed by atoms with E-state index in [0.29, 0.717) is 11.1 Å². The third-order valence-electron chi connectivity index (χ3n) is 2.95. The van der Waals surface area contributed by atoms with Crippen molar-refractivity contribution in [3.8, 4) is 0 Å². The van der Waals surface area contributed by atoms with E-state index in [1.807, 2.05) is 25.1 Å². The molecule has 18 heavy (non-hydrogen) atoms. The molecule has 0 saturated heterocycles. The van der Waals surface area contributed by atoms with Crippen LogP contribution in [-0.2, 0) is 0 Å². The van der Waals surface area contributed by atoms with Gasteiger partial charge in [0.25, 0.3) is 0 Å². The Morgan fingerprint density at radius 2 is 1.83 bits per heavy atom. The maximum atomic E-state index is 13.2. The molecule has 1 atom stereocenters. The number of hydrogen-bond donors (Lipinski definition) is 1. The van der Waals surface area contributed by atoms with E-state index in [2.05, 4.69) is 15.9 Å². The summed E-state index contributed by atoms with van der Waals surface area (Å²) in [6.45, 7) is 3.68. The van der Waals surface area contributed by atoms with Crippen LogP contribution in [0.15, 0.2) is 40.9 Å². The Morgan fingerprint density at radius 1 is 1.11 bits per heavy atom. The molecule has 0 heterocycles. The summed E-state index contributed by atoms with van der Waals surface area (Å²) in [4.78, 5) is 0. The molecule has 0 amide bonds. The van der Waals surface area contributed by atoms with Crippen molar-refractivity contribution in [3.63, 3.8) is 0 Å². The average molecular weight is 309 g/mol. The van der Waals surface area contributed by atoms with Crippen LogP contribution in [0, 0.1) is 19.7 Å². The topological polar surface area (TPSA) is 20.2 Å². The minimum atomic E-state index is -0.751. The summed E-state index contributed by atoms with van der Waals surface area (Å²) in [6.07, 6.45) is -0.751. The summed E-state index contributed by atoms with van der Waals surface area (Å²) in [5.74, 6) is -0.256. The van der Waals surface area contributed by atoms with Crippen molar-refractivity contribution in [1.82, 2.24) is 0 Å². The summed E-state index contributed by atoms with van der Waals surface area (Å²) in [6, 6.07) is 10.4. The van der Waals surface area contributed by atoms with Gasteiger partial charge in [-0.3, -0.25) is 0 Å². The van der Waals surface area contributed by atoms with Crippen LogP contribution < -0.4 is 0 Å². The van der Waals surface area contributed by atoms with Crippen molar-refractivity contribution >= 4 is 15.9 Å². The highest BCUT2D eigenvalue weighted by Crippen LogP contribution is 2.30. The van der Waals surface area contributed by atoms with Crippen molar-refractivity contribution in [1.29, 1.82) is 0 Å². The summed E-state index contributed by atoms with van der Waals surface area (Å²) in [5, 5.41) is 10.3. The molecule has 0 aliphatic carbocycles. The first-order valence-electron chi connectivity index (χ1n) is 5.69. The molecule has 0 radical (unpaired) electrons. The minimum Gasteiger partial charge on any atom is -0.384 e. The smallest absolute Gasteiger partial charge is 0.126 e. The first-order valence-corrected chi connectivity index (χ1v) is 6.48. The highest BCUT2D eigenvalue weighted by atomic mass is 79.9. The van der Waals surface area contributed by atoms with Crippen LogP contribution in [0.4, 0.5) is 4.39 Å². The Balaban J connectivity index is 2.41. The molecule has 2 rings (SSSR count). The zero-order valence-electron chi connectivity index (χ0n) is 10.2. The van der Waals surface area contributed by atoms with E-state index < -0.39 is 6.10 Å². The molecule has 94 valence electrons. The number of aryl methyl sites for hydroxylation is 2. The van der Waals surface area contributed by atoms with Crippen LogP contribution in [-0.4, -0.2) is 5.11 Å². The lowest BCUT2D eigenvalue weighted by molar-refractivity contribution is 0.219. The normalized spacial score (nSPS) is 12.5. The second kappa shape index (κ2) is 5.21. The third kappa shape index (κ3) is 2.62. The highest BCUT2D eigenvalue weighted by molar-refractivity contribution is 9.10. The quantitative estimate of drug-likeness (QED) is 0.877. The van der Waals surface area contributed by atoms with Gasteiger partial charge in [0.05, 0.1) is 0 Å². The summed E-state index contributed by atoms with van der Waals surface area (Å²) >= 11 is 3.44. The fraction of sp³-hybridized carbons (Fsp3) is 0.200. The number of hydrogen-bond acceptors (Lipinski definition) is 1. The van der Waals surface area contributed by atoms with Crippen LogP contribution in [0.3, 0.4) is 0 Å². The lowest BCUT2D eigenvalue weighted by atomic mass is 9.99. The van der Waals surface area contributed by atoms with Gasteiger partial charge >= 0.3 is 0 Å². The SMILES string of the molecule is Cc1ccc(C(O)c2ccc(F)c(C)c2)c(Br)c1. The molecule has 0 saturated carbocycles. The van der Waals surface area contributed by atoms with Gasteiger partial charge in [0, 0.05) is 4.47 Å². The van der Waals surface area contributed by atoms with Gasteiger partial charge in [0.2, 0.25) is 0 Å². The second-order valence-electron chi connectivity index (χ2n) is 4.44. The van der Waals surface area contributed by atoms with E-state index >= 15 is 0 Å². The van der Waals surface area contributed by atoms with E-state index in [0.717, 1.165) is 15.6 Å². The zero-order chi connectivity index (χ0) is 13.3. The second-order valence-corrected chi connectivity index (χ2v) is 5.29. The van der Waals surface area contributed by atoms with Crippen molar-refractivity contribution in [2.75, 3.05) is 0 Å². The first-order chi connectivity index (χ1) is 8.49. The summed E-state index contributed by atoms with van der Waals surface area (Å²) < 4.78 is 14.1. The zero-order valence-corrected chi connectivity index (χ0v) is 11.8. The number of aliphatic hydroxyl groups excluding tert-OH is 1. The molecule has 1 N–H and O–H groups in total. The molecule has 2 aromatic rings. The van der Waals surface area contributed by atoms with E-state index in [-0.39, 0.29) is 5.82 Å². The molecule has 1 nitrogen and oxygen atoms in total. The van der Waals surface area contributed by atoms with Gasteiger partial charge in [-0.1, -0.05) is 40.2 Å². The molecule has 0 aliphatic heterocycles. The van der Waals surface area contributed by atoms with Gasteiger partial charge < -0.3 is 5.11 Å². The number of aliphatic hydroxyl groups is 1. The molecule has 0 aliphatic rings. The largest absolute Gasteiger partial charge is 0.384 e. The molecule has 0 spiro atoms. The molecular formula is C15H14BrFO. The molecule has 0 aromatic heterocycles. The maximum Gasteiger partial charge on any atom is 0.126 e. The number of rotatable bonds is 2. The van der Waals surface area contributed by atoms with Crippen molar-refractivity contribution in [2.45, 2.75) is 20.0 Å². The molecular weight excluding hydrogens is 295 g/mol. The van der Waals surface area contributed by atoms with Gasteiger partial charge in [-0.05, 0) is 48.2 Å². The van der Waals surface area contributed by atoms with Crippen LogP contribution in [0.25, 0.3) is 0 Å². The molecule has 0 bridgehead atoms. The van der Waals surface area contributed by atoms with Crippen molar-refractivity contribution < 1.29 is 9.50 Å². The van der Waals surface area contributed by atoms with E-state index in [1.54, 1.807) is 19.1 Å². The Labute approximate surface area is 114 Å². The minimum absolute atomic E-state index is 0.256. The first kappa shape index (κ1) is 13.2. The summed E-state index contributed by atoms with van der Waals surface area (Å²) in [7, 11) is 0. The lowest BCUT2D eigenvalue weighted by Gasteiger charge is -2.14. The Bertz CT molecular complexity index is 581. The van der Waals surface area contributed by atoms with Gasteiger partial charge in [-0.25, -0.2) is 4.39 Å². The van der Waals surface area contributed by atoms with E-state index in [1.165, 1.54) is 6.07 Å². The number of halogens is 2. The van der Waals surface area contributed by atoms with Crippen LogP contribution >= 0.6 is 15.9 Å².